The molecule has 2 rings (SSSR count). The fourth-order valence-corrected chi connectivity index (χ4v) is 4.39. The zero-order valence-corrected chi connectivity index (χ0v) is 14.5. The summed E-state index contributed by atoms with van der Waals surface area (Å²) in [5.74, 6) is 0.290. The number of nitrogens with two attached hydrogens (primary N) is 1. The van der Waals surface area contributed by atoms with Crippen LogP contribution in [0.15, 0.2) is 39.0 Å². The Balaban J connectivity index is 2.22. The highest BCUT2D eigenvalue weighted by molar-refractivity contribution is 9.10. The van der Waals surface area contributed by atoms with Crippen LogP contribution in [-0.2, 0) is 23.1 Å². The molecule has 0 unspecified atom stereocenters. The summed E-state index contributed by atoms with van der Waals surface area (Å²) in [6, 6.07) is 6.70. The van der Waals surface area contributed by atoms with Crippen LogP contribution < -0.4 is 15.2 Å². The standard InChI is InChI=1S/C13H15BrN2O3S2/c1-19-12-4-9(6-15)2-3-13(12)21(17,18)16-7-11-5-10(14)8-20-11/h2-5,8,16H,6-7,15H2,1H3. The van der Waals surface area contributed by atoms with E-state index in [9.17, 15) is 8.42 Å². The Morgan fingerprint density at radius 2 is 2.14 bits per heavy atom. The van der Waals surface area contributed by atoms with E-state index in [1.165, 1.54) is 24.5 Å². The quantitative estimate of drug-likeness (QED) is 0.793. The maximum atomic E-state index is 12.4. The molecule has 0 radical (unpaired) electrons. The van der Waals surface area contributed by atoms with Crippen molar-refractivity contribution < 1.29 is 13.2 Å². The summed E-state index contributed by atoms with van der Waals surface area (Å²) in [6.45, 7) is 0.563. The third-order valence-corrected chi connectivity index (χ3v) is 5.95. The minimum absolute atomic E-state index is 0.109. The molecule has 0 spiro atoms. The van der Waals surface area contributed by atoms with Crippen LogP contribution in [0.1, 0.15) is 10.4 Å². The predicted octanol–water partition coefficient (Wildman–Crippen LogP) is 2.46. The molecule has 0 aliphatic carbocycles. The summed E-state index contributed by atoms with van der Waals surface area (Å²) in [6.07, 6.45) is 0. The average Bonchev–Trinajstić information content (AvgIpc) is 2.90. The van der Waals surface area contributed by atoms with E-state index in [1.807, 2.05) is 11.4 Å². The fraction of sp³-hybridized carbons (Fsp3) is 0.231. The van der Waals surface area contributed by atoms with Gasteiger partial charge in [-0.15, -0.1) is 11.3 Å². The third-order valence-electron chi connectivity index (χ3n) is 2.81. The smallest absolute Gasteiger partial charge is 0.244 e. The molecule has 0 atom stereocenters. The van der Waals surface area contributed by atoms with E-state index in [4.69, 9.17) is 10.5 Å². The number of rotatable bonds is 6. The largest absolute Gasteiger partial charge is 0.495 e. The summed E-state index contributed by atoms with van der Waals surface area (Å²) < 4.78 is 33.4. The number of sulfonamides is 1. The summed E-state index contributed by atoms with van der Waals surface area (Å²) in [5.41, 5.74) is 6.36. The van der Waals surface area contributed by atoms with Crippen LogP contribution in [0.4, 0.5) is 0 Å². The van der Waals surface area contributed by atoms with Gasteiger partial charge in [0.15, 0.2) is 0 Å². The van der Waals surface area contributed by atoms with E-state index in [0.29, 0.717) is 6.54 Å². The Bertz CT molecular complexity index is 729. The minimum atomic E-state index is -3.64. The van der Waals surface area contributed by atoms with Crippen LogP contribution in [0.2, 0.25) is 0 Å². The lowest BCUT2D eigenvalue weighted by atomic mass is 10.2. The van der Waals surface area contributed by atoms with Gasteiger partial charge in [0.25, 0.3) is 0 Å². The van der Waals surface area contributed by atoms with Crippen molar-refractivity contribution in [1.29, 1.82) is 0 Å². The molecule has 0 saturated carbocycles. The second kappa shape index (κ2) is 6.89. The molecule has 0 aliphatic rings. The second-order valence-corrected chi connectivity index (χ2v) is 7.89. The first-order chi connectivity index (χ1) is 9.96. The monoisotopic (exact) mass is 390 g/mol. The topological polar surface area (TPSA) is 81.4 Å². The minimum Gasteiger partial charge on any atom is -0.495 e. The normalized spacial score (nSPS) is 11.6. The van der Waals surface area contributed by atoms with E-state index in [2.05, 4.69) is 20.7 Å². The summed E-state index contributed by atoms with van der Waals surface area (Å²) in [4.78, 5) is 1.03. The molecule has 0 aliphatic heterocycles. The third kappa shape index (κ3) is 4.04. The van der Waals surface area contributed by atoms with Gasteiger partial charge >= 0.3 is 0 Å². The van der Waals surface area contributed by atoms with Crippen molar-refractivity contribution in [3.8, 4) is 5.75 Å². The van der Waals surface area contributed by atoms with Gasteiger partial charge in [0.2, 0.25) is 10.0 Å². The molecular formula is C13H15BrN2O3S2. The summed E-state index contributed by atoms with van der Waals surface area (Å²) in [5, 5.41) is 1.90. The van der Waals surface area contributed by atoms with Crippen LogP contribution >= 0.6 is 27.3 Å². The molecule has 1 heterocycles. The average molecular weight is 391 g/mol. The molecule has 3 N–H and O–H groups in total. The second-order valence-electron chi connectivity index (χ2n) is 4.25. The van der Waals surface area contributed by atoms with Gasteiger partial charge in [-0.25, -0.2) is 13.1 Å². The maximum Gasteiger partial charge on any atom is 0.244 e. The Hall–Kier alpha value is -0.930. The van der Waals surface area contributed by atoms with Crippen molar-refractivity contribution in [2.24, 2.45) is 5.73 Å². The Morgan fingerprint density at radius 3 is 2.71 bits per heavy atom. The summed E-state index contributed by atoms with van der Waals surface area (Å²) in [7, 11) is -2.21. The fourth-order valence-electron chi connectivity index (χ4n) is 1.75. The highest BCUT2D eigenvalue weighted by Gasteiger charge is 2.19. The number of thiophene rings is 1. The van der Waals surface area contributed by atoms with Gasteiger partial charge in [0.05, 0.1) is 7.11 Å². The summed E-state index contributed by atoms with van der Waals surface area (Å²) >= 11 is 4.82. The van der Waals surface area contributed by atoms with Gasteiger partial charge in [-0.05, 0) is 39.7 Å². The molecule has 0 bridgehead atoms. The number of halogens is 1. The van der Waals surface area contributed by atoms with Gasteiger partial charge in [0.1, 0.15) is 10.6 Å². The number of hydrogen-bond donors (Lipinski definition) is 2. The number of hydrogen-bond acceptors (Lipinski definition) is 5. The molecule has 8 heteroatoms. The van der Waals surface area contributed by atoms with Gasteiger partial charge < -0.3 is 10.5 Å². The molecular weight excluding hydrogens is 376 g/mol. The first kappa shape index (κ1) is 16.4. The van der Waals surface area contributed by atoms with Crippen molar-refractivity contribution in [3.63, 3.8) is 0 Å². The highest BCUT2D eigenvalue weighted by Crippen LogP contribution is 2.26. The lowest BCUT2D eigenvalue weighted by Crippen LogP contribution is -2.23. The van der Waals surface area contributed by atoms with Crippen molar-refractivity contribution in [2.75, 3.05) is 7.11 Å². The van der Waals surface area contributed by atoms with Gasteiger partial charge in [-0.3, -0.25) is 0 Å². The number of ether oxygens (including phenoxy) is 1. The number of benzene rings is 1. The molecule has 0 saturated heterocycles. The van der Waals surface area contributed by atoms with E-state index < -0.39 is 10.0 Å². The molecule has 114 valence electrons. The van der Waals surface area contributed by atoms with Gasteiger partial charge in [0, 0.05) is 27.8 Å². The van der Waals surface area contributed by atoms with Crippen LogP contribution in [0.25, 0.3) is 0 Å². The Labute approximate surface area is 136 Å². The lowest BCUT2D eigenvalue weighted by Gasteiger charge is -2.11. The molecule has 1 aromatic heterocycles. The first-order valence-corrected chi connectivity index (χ1v) is 9.21. The van der Waals surface area contributed by atoms with E-state index in [-0.39, 0.29) is 17.2 Å². The zero-order chi connectivity index (χ0) is 15.5. The molecule has 0 amide bonds. The van der Waals surface area contributed by atoms with Crippen LogP contribution in [0.3, 0.4) is 0 Å². The van der Waals surface area contributed by atoms with Gasteiger partial charge in [-0.1, -0.05) is 6.07 Å². The van der Waals surface area contributed by atoms with E-state index in [0.717, 1.165) is 14.9 Å². The van der Waals surface area contributed by atoms with Crippen molar-refractivity contribution in [2.45, 2.75) is 18.0 Å². The molecule has 1 aromatic carbocycles. The van der Waals surface area contributed by atoms with Gasteiger partial charge in [-0.2, -0.15) is 0 Å². The predicted molar refractivity (Wildman–Crippen MR) is 86.9 cm³/mol. The van der Waals surface area contributed by atoms with Crippen LogP contribution in [-0.4, -0.2) is 15.5 Å². The van der Waals surface area contributed by atoms with Crippen LogP contribution in [0.5, 0.6) is 5.75 Å². The van der Waals surface area contributed by atoms with E-state index in [1.54, 1.807) is 12.1 Å². The van der Waals surface area contributed by atoms with Crippen LogP contribution in [0, 0.1) is 0 Å². The Morgan fingerprint density at radius 1 is 1.38 bits per heavy atom. The molecule has 21 heavy (non-hydrogen) atoms. The SMILES string of the molecule is COc1cc(CN)ccc1S(=O)(=O)NCc1cc(Br)cs1. The highest BCUT2D eigenvalue weighted by atomic mass is 79.9. The first-order valence-electron chi connectivity index (χ1n) is 6.06. The van der Waals surface area contributed by atoms with Crippen molar-refractivity contribution in [1.82, 2.24) is 4.72 Å². The lowest BCUT2D eigenvalue weighted by molar-refractivity contribution is 0.401. The van der Waals surface area contributed by atoms with E-state index >= 15 is 0 Å². The number of methoxy groups -OCH3 is 1. The molecule has 0 fully saturated rings. The van der Waals surface area contributed by atoms with Crippen molar-refractivity contribution in [3.05, 3.63) is 44.6 Å². The Kier molecular flexibility index (Phi) is 5.39. The molecule has 2 aromatic rings. The maximum absolute atomic E-state index is 12.4. The zero-order valence-electron chi connectivity index (χ0n) is 11.3. The number of nitrogens with one attached hydrogen (secondary N) is 1. The van der Waals surface area contributed by atoms with Crippen molar-refractivity contribution >= 4 is 37.3 Å². The molecule has 5 nitrogen and oxygen atoms in total.